The van der Waals surface area contributed by atoms with Gasteiger partial charge in [-0.15, -0.1) is 0 Å². The van der Waals surface area contributed by atoms with Crippen molar-refractivity contribution in [3.63, 3.8) is 0 Å². The highest BCUT2D eigenvalue weighted by Crippen LogP contribution is 2.14. The lowest BCUT2D eigenvalue weighted by Gasteiger charge is -2.19. The molecule has 2 N–H and O–H groups in total. The first kappa shape index (κ1) is 14.6. The highest BCUT2D eigenvalue weighted by atomic mass is 16.2. The molecule has 2 rings (SSSR count). The fourth-order valence-corrected chi connectivity index (χ4v) is 2.47. The first-order valence-corrected chi connectivity index (χ1v) is 6.89. The Morgan fingerprint density at radius 2 is 2.30 bits per heavy atom. The summed E-state index contributed by atoms with van der Waals surface area (Å²) >= 11 is 0. The van der Waals surface area contributed by atoms with Crippen LogP contribution in [-0.4, -0.2) is 48.7 Å². The predicted octanol–water partition coefficient (Wildman–Crippen LogP) is 0.854. The Morgan fingerprint density at radius 1 is 1.50 bits per heavy atom. The van der Waals surface area contributed by atoms with Crippen LogP contribution in [-0.2, 0) is 0 Å². The molecule has 1 atom stereocenters. The zero-order chi connectivity index (χ0) is 14.4. The molecule has 1 heterocycles. The number of carbonyl (C=O) groups is 1. The van der Waals surface area contributed by atoms with Crippen molar-refractivity contribution in [3.05, 3.63) is 35.4 Å². The van der Waals surface area contributed by atoms with Gasteiger partial charge in [0, 0.05) is 18.2 Å². The lowest BCUT2D eigenvalue weighted by atomic mass is 10.1. The molecule has 0 aromatic heterocycles. The number of rotatable bonds is 3. The van der Waals surface area contributed by atoms with Crippen molar-refractivity contribution in [2.45, 2.75) is 18.9 Å². The number of hydrogen-bond acceptors (Lipinski definition) is 3. The third kappa shape index (κ3) is 3.60. The number of carbonyl (C=O) groups excluding carboxylic acids is 1. The second-order valence-corrected chi connectivity index (χ2v) is 4.99. The summed E-state index contributed by atoms with van der Waals surface area (Å²) in [6.07, 6.45) is 2.32. The Kier molecular flexibility index (Phi) is 5.16. The summed E-state index contributed by atoms with van der Waals surface area (Å²) in [4.78, 5) is 14.5. The summed E-state index contributed by atoms with van der Waals surface area (Å²) in [7, 11) is 2.09. The van der Waals surface area contributed by atoms with Crippen LogP contribution < -0.4 is 5.32 Å². The number of aliphatic hydroxyl groups excluding tert-OH is 1. The molecule has 1 aliphatic rings. The van der Waals surface area contributed by atoms with Crippen molar-refractivity contribution in [1.29, 1.82) is 0 Å². The minimum Gasteiger partial charge on any atom is -0.384 e. The molecule has 20 heavy (non-hydrogen) atoms. The van der Waals surface area contributed by atoms with Crippen molar-refractivity contribution >= 4 is 5.91 Å². The SMILES string of the molecule is CN1CCCC1CNC(=O)c1ccccc1C#CCO. The van der Waals surface area contributed by atoms with E-state index in [-0.39, 0.29) is 12.5 Å². The van der Waals surface area contributed by atoms with Crippen molar-refractivity contribution in [2.75, 3.05) is 26.7 Å². The first-order valence-electron chi connectivity index (χ1n) is 6.89. The quantitative estimate of drug-likeness (QED) is 0.802. The Morgan fingerprint density at radius 3 is 3.00 bits per heavy atom. The molecule has 4 heteroatoms. The van der Waals surface area contributed by atoms with Gasteiger partial charge in [0.1, 0.15) is 6.61 Å². The van der Waals surface area contributed by atoms with Gasteiger partial charge in [0.05, 0.1) is 5.56 Å². The number of benzene rings is 1. The Balaban J connectivity index is 2.02. The number of likely N-dealkylation sites (tertiary alicyclic amines) is 1. The van der Waals surface area contributed by atoms with Crippen LogP contribution in [0.3, 0.4) is 0 Å². The van der Waals surface area contributed by atoms with Crippen LogP contribution in [0.1, 0.15) is 28.8 Å². The van der Waals surface area contributed by atoms with Gasteiger partial charge in [-0.25, -0.2) is 0 Å². The van der Waals surface area contributed by atoms with Gasteiger partial charge in [-0.3, -0.25) is 4.79 Å². The summed E-state index contributed by atoms with van der Waals surface area (Å²) in [5, 5.41) is 11.7. The number of aliphatic hydroxyl groups is 1. The standard InChI is InChI=1S/C16H20N2O2/c1-18-10-4-8-14(18)12-17-16(20)15-9-3-2-6-13(15)7-5-11-19/h2-3,6,9,14,19H,4,8,10-12H2,1H3,(H,17,20). The minimum atomic E-state index is -0.206. The highest BCUT2D eigenvalue weighted by Gasteiger charge is 2.21. The first-order chi connectivity index (χ1) is 9.72. The molecule has 1 unspecified atom stereocenters. The summed E-state index contributed by atoms with van der Waals surface area (Å²) < 4.78 is 0. The predicted molar refractivity (Wildman–Crippen MR) is 78.4 cm³/mol. The van der Waals surface area contributed by atoms with Crippen LogP contribution in [0, 0.1) is 11.8 Å². The van der Waals surface area contributed by atoms with Crippen LogP contribution in [0.25, 0.3) is 0 Å². The van der Waals surface area contributed by atoms with Gasteiger partial charge < -0.3 is 15.3 Å². The van der Waals surface area contributed by atoms with Gasteiger partial charge in [-0.2, -0.15) is 0 Å². The maximum Gasteiger partial charge on any atom is 0.252 e. The van der Waals surface area contributed by atoms with Gasteiger partial charge in [0.15, 0.2) is 0 Å². The maximum atomic E-state index is 12.2. The van der Waals surface area contributed by atoms with Crippen molar-refractivity contribution in [3.8, 4) is 11.8 Å². The van der Waals surface area contributed by atoms with E-state index in [1.807, 2.05) is 12.1 Å². The molecule has 0 spiro atoms. The molecular formula is C16H20N2O2. The monoisotopic (exact) mass is 272 g/mol. The number of hydrogen-bond donors (Lipinski definition) is 2. The van der Waals surface area contributed by atoms with Gasteiger partial charge in [-0.1, -0.05) is 24.0 Å². The summed E-state index contributed by atoms with van der Waals surface area (Å²) in [5.74, 6) is 5.29. The van der Waals surface area contributed by atoms with Gasteiger partial charge in [-0.05, 0) is 38.6 Å². The smallest absolute Gasteiger partial charge is 0.252 e. The van der Waals surface area contributed by atoms with Crippen molar-refractivity contribution < 1.29 is 9.90 Å². The Hall–Kier alpha value is -1.83. The molecular weight excluding hydrogens is 252 g/mol. The van der Waals surface area contributed by atoms with Crippen LogP contribution >= 0.6 is 0 Å². The van der Waals surface area contributed by atoms with Crippen LogP contribution in [0.2, 0.25) is 0 Å². The minimum absolute atomic E-state index is 0.104. The zero-order valence-electron chi connectivity index (χ0n) is 11.7. The molecule has 1 amide bonds. The number of nitrogens with one attached hydrogen (secondary N) is 1. The highest BCUT2D eigenvalue weighted by molar-refractivity contribution is 5.96. The molecule has 0 aliphatic carbocycles. The summed E-state index contributed by atoms with van der Waals surface area (Å²) in [5.41, 5.74) is 1.22. The second kappa shape index (κ2) is 7.09. The zero-order valence-corrected chi connectivity index (χ0v) is 11.7. The van der Waals surface area contributed by atoms with Gasteiger partial charge in [0.2, 0.25) is 0 Å². The molecule has 1 saturated heterocycles. The molecule has 1 aromatic carbocycles. The average Bonchev–Trinajstić information content (AvgIpc) is 2.88. The fraction of sp³-hybridized carbons (Fsp3) is 0.438. The Labute approximate surface area is 119 Å². The maximum absolute atomic E-state index is 12.2. The third-order valence-electron chi connectivity index (χ3n) is 3.64. The molecule has 0 radical (unpaired) electrons. The second-order valence-electron chi connectivity index (χ2n) is 4.99. The molecule has 106 valence electrons. The molecule has 1 aliphatic heterocycles. The molecule has 0 bridgehead atoms. The molecule has 1 aromatic rings. The molecule has 4 nitrogen and oxygen atoms in total. The number of likely N-dealkylation sites (N-methyl/N-ethyl adjacent to an activating group) is 1. The van der Waals surface area contributed by atoms with Crippen LogP contribution in [0.5, 0.6) is 0 Å². The van der Waals surface area contributed by atoms with E-state index in [0.717, 1.165) is 13.0 Å². The number of nitrogens with zero attached hydrogens (tertiary/aromatic N) is 1. The van der Waals surface area contributed by atoms with E-state index in [2.05, 4.69) is 29.1 Å². The van der Waals surface area contributed by atoms with E-state index in [1.165, 1.54) is 6.42 Å². The van der Waals surface area contributed by atoms with E-state index in [9.17, 15) is 4.79 Å². The summed E-state index contributed by atoms with van der Waals surface area (Å²) in [6, 6.07) is 7.63. The third-order valence-corrected chi connectivity index (χ3v) is 3.64. The van der Waals surface area contributed by atoms with Crippen LogP contribution in [0.4, 0.5) is 0 Å². The lowest BCUT2D eigenvalue weighted by molar-refractivity contribution is 0.0943. The van der Waals surface area contributed by atoms with Crippen LogP contribution in [0.15, 0.2) is 24.3 Å². The summed E-state index contributed by atoms with van der Waals surface area (Å²) in [6.45, 7) is 1.55. The molecule has 0 saturated carbocycles. The molecule has 1 fully saturated rings. The van der Waals surface area contributed by atoms with E-state index in [0.29, 0.717) is 23.7 Å². The number of amides is 1. The lowest BCUT2D eigenvalue weighted by Crippen LogP contribution is -2.38. The fourth-order valence-electron chi connectivity index (χ4n) is 2.47. The van der Waals surface area contributed by atoms with E-state index < -0.39 is 0 Å². The topological polar surface area (TPSA) is 52.6 Å². The van der Waals surface area contributed by atoms with Gasteiger partial charge >= 0.3 is 0 Å². The normalized spacial score (nSPS) is 18.4. The van der Waals surface area contributed by atoms with E-state index in [1.54, 1.807) is 12.1 Å². The Bertz CT molecular complexity index is 531. The largest absolute Gasteiger partial charge is 0.384 e. The van der Waals surface area contributed by atoms with Gasteiger partial charge in [0.25, 0.3) is 5.91 Å². The van der Waals surface area contributed by atoms with E-state index >= 15 is 0 Å². The van der Waals surface area contributed by atoms with E-state index in [4.69, 9.17) is 5.11 Å². The van der Waals surface area contributed by atoms with Crippen molar-refractivity contribution in [1.82, 2.24) is 10.2 Å². The average molecular weight is 272 g/mol. The van der Waals surface area contributed by atoms with Crippen molar-refractivity contribution in [2.24, 2.45) is 0 Å².